The van der Waals surface area contributed by atoms with E-state index in [9.17, 15) is 0 Å². The van der Waals surface area contributed by atoms with Crippen LogP contribution in [-0.4, -0.2) is 17.5 Å². The van der Waals surface area contributed by atoms with Gasteiger partial charge < -0.3 is 5.73 Å². The van der Waals surface area contributed by atoms with Crippen molar-refractivity contribution in [3.05, 3.63) is 0 Å². The Bertz CT molecular complexity index is 63.4. The molecule has 0 aromatic heterocycles. The van der Waals surface area contributed by atoms with Gasteiger partial charge in [0.05, 0.1) is 0 Å². The van der Waals surface area contributed by atoms with Gasteiger partial charge >= 0.3 is 0 Å². The van der Waals surface area contributed by atoms with Crippen LogP contribution in [-0.2, 0) is 0 Å². The first-order valence-electron chi connectivity index (χ1n) is 2.61. The predicted octanol–water partition coefficient (Wildman–Crippen LogP) is 1.26. The molecule has 0 heterocycles. The van der Waals surface area contributed by atoms with Crippen molar-refractivity contribution in [2.45, 2.75) is 24.1 Å². The number of halogens is 1. The molecule has 2 N–H and O–H groups in total. The monoisotopic (exact) mass is 153 g/mol. The first-order chi connectivity index (χ1) is 3.33. The summed E-state index contributed by atoms with van der Waals surface area (Å²) < 4.78 is 0. The molecule has 50 valence electrons. The third-order valence-electron chi connectivity index (χ3n) is 1.46. The van der Waals surface area contributed by atoms with Gasteiger partial charge in [-0.1, -0.05) is 0 Å². The Morgan fingerprint density at radius 3 is 2.12 bits per heavy atom. The summed E-state index contributed by atoms with van der Waals surface area (Å²) in [5, 5.41) is 0.884. The van der Waals surface area contributed by atoms with Crippen LogP contribution in [0.5, 0.6) is 0 Å². The molecule has 0 aromatic carbocycles. The van der Waals surface area contributed by atoms with Crippen molar-refractivity contribution >= 4 is 24.2 Å². The maximum atomic E-state index is 5.53. The Balaban J connectivity index is 0.000000490. The van der Waals surface area contributed by atoms with Crippen LogP contribution in [0.15, 0.2) is 0 Å². The van der Waals surface area contributed by atoms with Crippen molar-refractivity contribution in [1.29, 1.82) is 0 Å². The molecule has 1 nitrogen and oxygen atoms in total. The number of hydrogen-bond acceptors (Lipinski definition) is 2. The lowest BCUT2D eigenvalue weighted by molar-refractivity contribution is 0.433. The predicted molar refractivity (Wildman–Crippen MR) is 41.8 cm³/mol. The summed E-state index contributed by atoms with van der Waals surface area (Å²) in [6.45, 7) is 0. The van der Waals surface area contributed by atoms with E-state index in [1.54, 1.807) is 0 Å². The third kappa shape index (κ3) is 1.84. The number of nitrogens with two attached hydrogens (primary N) is 1. The van der Waals surface area contributed by atoms with E-state index in [1.165, 1.54) is 12.8 Å². The summed E-state index contributed by atoms with van der Waals surface area (Å²) in [6.07, 6.45) is 4.62. The molecule has 1 saturated carbocycles. The minimum atomic E-state index is 0. The van der Waals surface area contributed by atoms with E-state index < -0.39 is 0 Å². The Morgan fingerprint density at radius 1 is 1.50 bits per heavy atom. The van der Waals surface area contributed by atoms with Crippen molar-refractivity contribution in [1.82, 2.24) is 0 Å². The summed E-state index contributed by atoms with van der Waals surface area (Å²) in [5.74, 6) is 0. The lowest BCUT2D eigenvalue weighted by Gasteiger charge is -2.30. The van der Waals surface area contributed by atoms with Gasteiger partial charge in [-0.25, -0.2) is 0 Å². The Labute approximate surface area is 60.8 Å². The van der Waals surface area contributed by atoms with Crippen LogP contribution >= 0.6 is 24.2 Å². The fourth-order valence-corrected chi connectivity index (χ4v) is 1.68. The smallest absolute Gasteiger partial charge is 0.00737 e. The van der Waals surface area contributed by atoms with Gasteiger partial charge in [-0.05, 0) is 19.1 Å². The number of hydrogen-bond donors (Lipinski definition) is 1. The summed E-state index contributed by atoms with van der Waals surface area (Å²) >= 11 is 1.94. The van der Waals surface area contributed by atoms with Gasteiger partial charge in [-0.2, -0.15) is 11.8 Å². The lowest BCUT2D eigenvalue weighted by Crippen LogP contribution is -2.37. The van der Waals surface area contributed by atoms with Crippen molar-refractivity contribution in [3.63, 3.8) is 0 Å². The van der Waals surface area contributed by atoms with Crippen molar-refractivity contribution in [2.75, 3.05) is 6.26 Å². The minimum Gasteiger partial charge on any atom is -0.328 e. The van der Waals surface area contributed by atoms with E-state index in [2.05, 4.69) is 6.26 Å². The fraction of sp³-hybridized carbons (Fsp3) is 1.00. The molecule has 0 radical (unpaired) electrons. The summed E-state index contributed by atoms with van der Waals surface area (Å²) in [7, 11) is 0. The van der Waals surface area contributed by atoms with Crippen LogP contribution in [0.25, 0.3) is 0 Å². The van der Waals surface area contributed by atoms with E-state index >= 15 is 0 Å². The zero-order valence-electron chi connectivity index (χ0n) is 4.96. The molecule has 1 rings (SSSR count). The van der Waals surface area contributed by atoms with Crippen LogP contribution in [0.1, 0.15) is 12.8 Å². The number of rotatable bonds is 1. The van der Waals surface area contributed by atoms with E-state index in [0.29, 0.717) is 6.04 Å². The van der Waals surface area contributed by atoms with E-state index in [0.717, 1.165) is 5.25 Å². The van der Waals surface area contributed by atoms with Crippen LogP contribution in [0, 0.1) is 0 Å². The van der Waals surface area contributed by atoms with Gasteiger partial charge in [0.2, 0.25) is 0 Å². The van der Waals surface area contributed by atoms with Crippen molar-refractivity contribution < 1.29 is 0 Å². The first-order valence-corrected chi connectivity index (χ1v) is 3.90. The molecule has 0 bridgehead atoms. The summed E-state index contributed by atoms with van der Waals surface area (Å²) in [5.41, 5.74) is 5.53. The normalized spacial score (nSPS) is 35.2. The molecule has 0 atom stereocenters. The average Bonchev–Trinajstić information content (AvgIpc) is 1.58. The SMILES string of the molecule is CSC1CC(N)C1.Cl. The largest absolute Gasteiger partial charge is 0.328 e. The van der Waals surface area contributed by atoms with Crippen LogP contribution in [0.3, 0.4) is 0 Å². The standard InChI is InChI=1S/C5H11NS.ClH/c1-7-5-2-4(6)3-5;/h4-5H,2-3,6H2,1H3;1H. The second-order valence-electron chi connectivity index (χ2n) is 2.09. The quantitative estimate of drug-likeness (QED) is 0.614. The van der Waals surface area contributed by atoms with Crippen LogP contribution in [0.2, 0.25) is 0 Å². The van der Waals surface area contributed by atoms with Gasteiger partial charge in [-0.15, -0.1) is 12.4 Å². The maximum Gasteiger partial charge on any atom is 0.00737 e. The molecule has 0 unspecified atom stereocenters. The molecule has 0 spiro atoms. The van der Waals surface area contributed by atoms with E-state index in [-0.39, 0.29) is 12.4 Å². The molecule has 0 aromatic rings. The fourth-order valence-electron chi connectivity index (χ4n) is 0.799. The molecule has 0 aliphatic heterocycles. The Hall–Kier alpha value is 0.600. The van der Waals surface area contributed by atoms with Crippen molar-refractivity contribution in [3.8, 4) is 0 Å². The highest BCUT2D eigenvalue weighted by molar-refractivity contribution is 7.99. The molecule has 1 aliphatic carbocycles. The second kappa shape index (κ2) is 3.59. The van der Waals surface area contributed by atoms with Gasteiger partial charge in [0.1, 0.15) is 0 Å². The molecule has 1 fully saturated rings. The average molecular weight is 154 g/mol. The Kier molecular flexibility index (Phi) is 3.86. The van der Waals surface area contributed by atoms with Gasteiger partial charge in [0, 0.05) is 11.3 Å². The zero-order chi connectivity index (χ0) is 5.28. The third-order valence-corrected chi connectivity index (χ3v) is 2.52. The Morgan fingerprint density at radius 2 is 2.00 bits per heavy atom. The van der Waals surface area contributed by atoms with E-state index in [4.69, 9.17) is 5.73 Å². The molecule has 8 heavy (non-hydrogen) atoms. The van der Waals surface area contributed by atoms with Crippen LogP contribution < -0.4 is 5.73 Å². The highest BCUT2D eigenvalue weighted by atomic mass is 35.5. The van der Waals surface area contributed by atoms with Crippen molar-refractivity contribution in [2.24, 2.45) is 5.73 Å². The molecular formula is C5H12ClNS. The molecule has 1 aliphatic rings. The first kappa shape index (κ1) is 8.60. The van der Waals surface area contributed by atoms with Gasteiger partial charge in [-0.3, -0.25) is 0 Å². The highest BCUT2D eigenvalue weighted by Crippen LogP contribution is 2.27. The maximum absolute atomic E-state index is 5.53. The lowest BCUT2D eigenvalue weighted by atomic mass is 9.94. The highest BCUT2D eigenvalue weighted by Gasteiger charge is 2.23. The van der Waals surface area contributed by atoms with Gasteiger partial charge in [0.25, 0.3) is 0 Å². The van der Waals surface area contributed by atoms with Gasteiger partial charge in [0.15, 0.2) is 0 Å². The van der Waals surface area contributed by atoms with Crippen LogP contribution in [0.4, 0.5) is 0 Å². The molecule has 0 amide bonds. The zero-order valence-corrected chi connectivity index (χ0v) is 6.60. The molecular weight excluding hydrogens is 142 g/mol. The van der Waals surface area contributed by atoms with E-state index in [1.807, 2.05) is 11.8 Å². The topological polar surface area (TPSA) is 26.0 Å². The minimum absolute atomic E-state index is 0. The summed E-state index contributed by atoms with van der Waals surface area (Å²) in [4.78, 5) is 0. The second-order valence-corrected chi connectivity index (χ2v) is 3.23. The molecule has 0 saturated heterocycles. The summed E-state index contributed by atoms with van der Waals surface area (Å²) in [6, 6.07) is 0.525. The molecule has 3 heteroatoms. The number of thioether (sulfide) groups is 1.